The van der Waals surface area contributed by atoms with Gasteiger partial charge in [-0.25, -0.2) is 4.79 Å². The molecule has 1 atom stereocenters. The van der Waals surface area contributed by atoms with E-state index in [0.717, 1.165) is 60.1 Å². The Morgan fingerprint density at radius 1 is 1.10 bits per heavy atom. The smallest absolute Gasteiger partial charge is 0.319 e. The number of amides is 3. The Morgan fingerprint density at radius 2 is 2.03 bits per heavy atom. The van der Waals surface area contributed by atoms with Crippen LogP contribution in [0.25, 0.3) is 10.9 Å². The second-order valence-corrected chi connectivity index (χ2v) is 7.82. The highest BCUT2D eigenvalue weighted by Gasteiger charge is 2.26. The molecule has 0 spiro atoms. The number of fused-ring (bicyclic) bond motifs is 2. The summed E-state index contributed by atoms with van der Waals surface area (Å²) in [6.45, 7) is 0.798. The van der Waals surface area contributed by atoms with Crippen LogP contribution < -0.4 is 15.5 Å². The lowest BCUT2D eigenvalue weighted by Crippen LogP contribution is -2.35. The minimum Gasteiger partial charge on any atom is -0.361 e. The lowest BCUT2D eigenvalue weighted by Gasteiger charge is -2.27. The van der Waals surface area contributed by atoms with Crippen LogP contribution in [0, 0.1) is 0 Å². The van der Waals surface area contributed by atoms with Crippen molar-refractivity contribution >= 4 is 34.2 Å². The average Bonchev–Trinajstić information content (AvgIpc) is 3.36. The van der Waals surface area contributed by atoms with E-state index in [-0.39, 0.29) is 18.0 Å². The second kappa shape index (κ2) is 7.28. The number of aryl methyl sites for hydroxylation is 1. The lowest BCUT2D eigenvalue weighted by molar-refractivity contribution is -0.119. The molecule has 1 aromatic heterocycles. The van der Waals surface area contributed by atoms with Gasteiger partial charge in [-0.15, -0.1) is 0 Å². The van der Waals surface area contributed by atoms with Gasteiger partial charge in [-0.1, -0.05) is 12.1 Å². The van der Waals surface area contributed by atoms with Crippen LogP contribution in [0.1, 0.15) is 42.9 Å². The van der Waals surface area contributed by atoms with Gasteiger partial charge in [0.2, 0.25) is 5.91 Å². The monoisotopic (exact) mass is 388 g/mol. The molecule has 6 heteroatoms. The summed E-state index contributed by atoms with van der Waals surface area (Å²) < 4.78 is 0. The van der Waals surface area contributed by atoms with E-state index in [1.165, 1.54) is 5.56 Å². The molecule has 2 aromatic carbocycles. The molecule has 2 heterocycles. The maximum absolute atomic E-state index is 12.6. The van der Waals surface area contributed by atoms with Gasteiger partial charge in [0, 0.05) is 35.8 Å². The first-order valence-electron chi connectivity index (χ1n) is 10.3. The summed E-state index contributed by atoms with van der Waals surface area (Å²) in [4.78, 5) is 29.9. The number of urea groups is 1. The van der Waals surface area contributed by atoms with Gasteiger partial charge in [-0.2, -0.15) is 0 Å². The van der Waals surface area contributed by atoms with Crippen LogP contribution in [0.3, 0.4) is 0 Å². The Morgan fingerprint density at radius 3 is 2.93 bits per heavy atom. The van der Waals surface area contributed by atoms with Gasteiger partial charge in [0.15, 0.2) is 0 Å². The molecule has 1 saturated heterocycles. The maximum atomic E-state index is 12.6. The molecule has 0 bridgehead atoms. The van der Waals surface area contributed by atoms with Crippen LogP contribution in [0.5, 0.6) is 0 Å². The van der Waals surface area contributed by atoms with Gasteiger partial charge in [0.1, 0.15) is 0 Å². The standard InChI is InChI=1S/C23H24N4O2/c28-22-6-1-2-13-27(22)16-8-9-17-15(14-16)7-10-21(17)26-23(29)25-20-5-3-4-19-18(20)11-12-24-19/h3-5,8-9,11-12,14,21,24H,1-2,6-7,10,13H2,(H2,25,26,29). The van der Waals surface area contributed by atoms with Gasteiger partial charge in [0.25, 0.3) is 0 Å². The van der Waals surface area contributed by atoms with Crippen LogP contribution in [-0.4, -0.2) is 23.5 Å². The van der Waals surface area contributed by atoms with E-state index in [0.29, 0.717) is 6.42 Å². The van der Waals surface area contributed by atoms with Crippen LogP contribution >= 0.6 is 0 Å². The predicted molar refractivity (Wildman–Crippen MR) is 114 cm³/mol. The van der Waals surface area contributed by atoms with E-state index in [9.17, 15) is 9.59 Å². The molecule has 3 N–H and O–H groups in total. The van der Waals surface area contributed by atoms with E-state index in [2.05, 4.69) is 27.8 Å². The Balaban J connectivity index is 1.30. The Bertz CT molecular complexity index is 1090. The van der Waals surface area contributed by atoms with Crippen molar-refractivity contribution in [3.8, 4) is 0 Å². The molecule has 3 aromatic rings. The van der Waals surface area contributed by atoms with E-state index in [4.69, 9.17) is 0 Å². The maximum Gasteiger partial charge on any atom is 0.319 e. The normalized spacial score (nSPS) is 18.7. The molecule has 1 aliphatic carbocycles. The van der Waals surface area contributed by atoms with E-state index in [1.807, 2.05) is 41.4 Å². The highest BCUT2D eigenvalue weighted by atomic mass is 16.2. The molecule has 1 unspecified atom stereocenters. The molecule has 1 aliphatic heterocycles. The fourth-order valence-corrected chi connectivity index (χ4v) is 4.51. The summed E-state index contributed by atoms with van der Waals surface area (Å²) in [5, 5.41) is 7.07. The number of carbonyl (C=O) groups excluding carboxylic acids is 2. The number of benzene rings is 2. The molecular weight excluding hydrogens is 364 g/mol. The van der Waals surface area contributed by atoms with Gasteiger partial charge in [0.05, 0.1) is 11.7 Å². The average molecular weight is 388 g/mol. The van der Waals surface area contributed by atoms with Gasteiger partial charge in [-0.05, 0) is 67.1 Å². The number of piperidine rings is 1. The molecular formula is C23H24N4O2. The molecule has 6 nitrogen and oxygen atoms in total. The fourth-order valence-electron chi connectivity index (χ4n) is 4.51. The molecule has 2 aliphatic rings. The van der Waals surface area contributed by atoms with Crippen molar-refractivity contribution < 1.29 is 9.59 Å². The number of hydrogen-bond donors (Lipinski definition) is 3. The quantitative estimate of drug-likeness (QED) is 0.618. The zero-order chi connectivity index (χ0) is 19.8. The van der Waals surface area contributed by atoms with Crippen molar-refractivity contribution in [2.75, 3.05) is 16.8 Å². The van der Waals surface area contributed by atoms with E-state index < -0.39 is 0 Å². The number of aromatic amines is 1. The third kappa shape index (κ3) is 3.35. The first-order chi connectivity index (χ1) is 14.2. The highest BCUT2D eigenvalue weighted by molar-refractivity contribution is 6.00. The largest absolute Gasteiger partial charge is 0.361 e. The third-order valence-electron chi connectivity index (χ3n) is 5.99. The summed E-state index contributed by atoms with van der Waals surface area (Å²) in [5.74, 6) is 0.210. The summed E-state index contributed by atoms with van der Waals surface area (Å²) in [5.41, 5.74) is 5.14. The zero-order valence-electron chi connectivity index (χ0n) is 16.2. The van der Waals surface area contributed by atoms with E-state index in [1.54, 1.807) is 0 Å². The molecule has 148 valence electrons. The van der Waals surface area contributed by atoms with Crippen LogP contribution in [0.15, 0.2) is 48.7 Å². The predicted octanol–water partition coefficient (Wildman–Crippen LogP) is 4.49. The first kappa shape index (κ1) is 17.8. The van der Waals surface area contributed by atoms with Gasteiger partial charge >= 0.3 is 6.03 Å². The van der Waals surface area contributed by atoms with Crippen molar-refractivity contribution in [3.63, 3.8) is 0 Å². The van der Waals surface area contributed by atoms with Crippen molar-refractivity contribution in [2.24, 2.45) is 0 Å². The minimum absolute atomic E-state index is 0.0125. The SMILES string of the molecule is O=C(Nc1cccc2[nH]ccc12)NC1CCc2cc(N3CCCCC3=O)ccc21. The van der Waals surface area contributed by atoms with Crippen molar-refractivity contribution in [3.05, 3.63) is 59.8 Å². The molecule has 3 amide bonds. The van der Waals surface area contributed by atoms with Gasteiger partial charge < -0.3 is 20.5 Å². The minimum atomic E-state index is -0.202. The summed E-state index contributed by atoms with van der Waals surface area (Å²) in [6, 6.07) is 13.8. The van der Waals surface area contributed by atoms with Crippen molar-refractivity contribution in [1.82, 2.24) is 10.3 Å². The summed E-state index contributed by atoms with van der Waals surface area (Å²) >= 11 is 0. The number of H-pyrrole nitrogens is 1. The second-order valence-electron chi connectivity index (χ2n) is 7.82. The summed E-state index contributed by atoms with van der Waals surface area (Å²) in [6.07, 6.45) is 6.32. The number of rotatable bonds is 3. The van der Waals surface area contributed by atoms with Crippen LogP contribution in [0.2, 0.25) is 0 Å². The van der Waals surface area contributed by atoms with E-state index >= 15 is 0 Å². The number of aromatic nitrogens is 1. The van der Waals surface area contributed by atoms with Crippen molar-refractivity contribution in [2.45, 2.75) is 38.1 Å². The highest BCUT2D eigenvalue weighted by Crippen LogP contribution is 2.35. The van der Waals surface area contributed by atoms with Crippen molar-refractivity contribution in [1.29, 1.82) is 0 Å². The number of hydrogen-bond acceptors (Lipinski definition) is 2. The third-order valence-corrected chi connectivity index (χ3v) is 5.99. The zero-order valence-corrected chi connectivity index (χ0v) is 16.2. The number of anilines is 2. The fraction of sp³-hybridized carbons (Fsp3) is 0.304. The lowest BCUT2D eigenvalue weighted by atomic mass is 10.0. The summed E-state index contributed by atoms with van der Waals surface area (Å²) in [7, 11) is 0. The molecule has 0 saturated carbocycles. The topological polar surface area (TPSA) is 77.2 Å². The Labute approximate surface area is 169 Å². The van der Waals surface area contributed by atoms with Crippen LogP contribution in [0.4, 0.5) is 16.2 Å². The molecule has 5 rings (SSSR count). The Kier molecular flexibility index (Phi) is 4.46. The molecule has 1 fully saturated rings. The van der Waals surface area contributed by atoms with Crippen LogP contribution in [-0.2, 0) is 11.2 Å². The number of nitrogens with one attached hydrogen (secondary N) is 3. The first-order valence-corrected chi connectivity index (χ1v) is 10.3. The molecule has 0 radical (unpaired) electrons. The number of nitrogens with zero attached hydrogens (tertiary/aromatic N) is 1. The van der Waals surface area contributed by atoms with Gasteiger partial charge in [-0.3, -0.25) is 4.79 Å². The number of carbonyl (C=O) groups is 2. The Hall–Kier alpha value is -3.28. The molecule has 29 heavy (non-hydrogen) atoms.